The lowest BCUT2D eigenvalue weighted by Crippen LogP contribution is -2.60. The van der Waals surface area contributed by atoms with Crippen molar-refractivity contribution in [2.75, 3.05) is 6.61 Å². The highest BCUT2D eigenvalue weighted by Crippen LogP contribution is 2.22. The molecule has 5 atom stereocenters. The number of aliphatic hydroxyl groups excluding tert-OH is 4. The number of carbonyl (C=O) groups excluding carboxylic acids is 1. The van der Waals surface area contributed by atoms with Crippen molar-refractivity contribution in [1.82, 2.24) is 0 Å². The second-order valence-corrected chi connectivity index (χ2v) is 4.84. The van der Waals surface area contributed by atoms with E-state index in [1.54, 1.807) is 24.3 Å². The van der Waals surface area contributed by atoms with Gasteiger partial charge in [-0.15, -0.1) is 0 Å². The van der Waals surface area contributed by atoms with Crippen LogP contribution in [0.5, 0.6) is 0 Å². The van der Waals surface area contributed by atoms with Crippen LogP contribution in [0, 0.1) is 0 Å². The van der Waals surface area contributed by atoms with Crippen molar-refractivity contribution in [3.8, 4) is 0 Å². The molecule has 0 spiro atoms. The zero-order valence-corrected chi connectivity index (χ0v) is 11.2. The first kappa shape index (κ1) is 15.9. The van der Waals surface area contributed by atoms with Crippen LogP contribution in [0.25, 0.3) is 0 Å². The maximum absolute atomic E-state index is 11.9. The van der Waals surface area contributed by atoms with E-state index in [0.717, 1.165) is 5.56 Å². The standard InChI is InChI=1S/C14H18O7/c15-6-9-10(16)11(17)12(18)13(21-9)14(19)20-7-8-4-2-1-3-5-8/h1-5,9-13,15-18H,6-7H2/t9?,10-,11-,12?,13?/m0/s1. The molecule has 0 bridgehead atoms. The summed E-state index contributed by atoms with van der Waals surface area (Å²) in [6.45, 7) is -0.595. The molecule has 0 radical (unpaired) electrons. The van der Waals surface area contributed by atoms with Gasteiger partial charge < -0.3 is 29.9 Å². The van der Waals surface area contributed by atoms with Crippen LogP contribution in [0.3, 0.4) is 0 Å². The molecule has 1 heterocycles. The summed E-state index contributed by atoms with van der Waals surface area (Å²) in [6.07, 6.45) is -7.29. The molecule has 0 amide bonds. The van der Waals surface area contributed by atoms with E-state index >= 15 is 0 Å². The summed E-state index contributed by atoms with van der Waals surface area (Å²) in [6, 6.07) is 8.93. The highest BCUT2D eigenvalue weighted by atomic mass is 16.6. The van der Waals surface area contributed by atoms with E-state index in [4.69, 9.17) is 14.6 Å². The van der Waals surface area contributed by atoms with Crippen LogP contribution in [0.4, 0.5) is 0 Å². The molecule has 4 N–H and O–H groups in total. The third-order valence-electron chi connectivity index (χ3n) is 3.35. The van der Waals surface area contributed by atoms with Crippen molar-refractivity contribution >= 4 is 5.97 Å². The van der Waals surface area contributed by atoms with Crippen LogP contribution in [0.1, 0.15) is 5.56 Å². The van der Waals surface area contributed by atoms with E-state index in [1.807, 2.05) is 6.07 Å². The molecule has 0 saturated carbocycles. The predicted molar refractivity (Wildman–Crippen MR) is 70.0 cm³/mol. The van der Waals surface area contributed by atoms with Gasteiger partial charge in [0, 0.05) is 0 Å². The number of hydrogen-bond acceptors (Lipinski definition) is 7. The normalized spacial score (nSPS) is 32.7. The second kappa shape index (κ2) is 6.97. The van der Waals surface area contributed by atoms with Gasteiger partial charge >= 0.3 is 5.97 Å². The first-order valence-electron chi connectivity index (χ1n) is 6.55. The highest BCUT2D eigenvalue weighted by Gasteiger charge is 2.47. The number of benzene rings is 1. The number of aliphatic hydroxyl groups is 4. The van der Waals surface area contributed by atoms with Crippen molar-refractivity contribution in [3.63, 3.8) is 0 Å². The third kappa shape index (κ3) is 3.58. The Labute approximate surface area is 121 Å². The molecule has 1 saturated heterocycles. The average Bonchev–Trinajstić information content (AvgIpc) is 2.52. The Morgan fingerprint density at radius 3 is 2.38 bits per heavy atom. The average molecular weight is 298 g/mol. The Kier molecular flexibility index (Phi) is 5.27. The van der Waals surface area contributed by atoms with Crippen LogP contribution < -0.4 is 0 Å². The molecule has 1 aliphatic heterocycles. The van der Waals surface area contributed by atoms with E-state index in [-0.39, 0.29) is 6.61 Å². The summed E-state index contributed by atoms with van der Waals surface area (Å²) in [7, 11) is 0. The largest absolute Gasteiger partial charge is 0.459 e. The van der Waals surface area contributed by atoms with E-state index in [9.17, 15) is 20.1 Å². The minimum atomic E-state index is -1.62. The zero-order valence-electron chi connectivity index (χ0n) is 11.2. The molecule has 3 unspecified atom stereocenters. The zero-order chi connectivity index (χ0) is 15.4. The minimum Gasteiger partial charge on any atom is -0.459 e. The molecule has 1 aromatic rings. The van der Waals surface area contributed by atoms with Crippen molar-refractivity contribution in [2.45, 2.75) is 37.1 Å². The Hall–Kier alpha value is -1.51. The Bertz CT molecular complexity index is 462. The van der Waals surface area contributed by atoms with Gasteiger partial charge in [0.1, 0.15) is 31.0 Å². The molecule has 7 nitrogen and oxygen atoms in total. The third-order valence-corrected chi connectivity index (χ3v) is 3.35. The fourth-order valence-corrected chi connectivity index (χ4v) is 2.11. The van der Waals surface area contributed by atoms with Gasteiger partial charge in [0.15, 0.2) is 6.10 Å². The van der Waals surface area contributed by atoms with E-state index in [0.29, 0.717) is 0 Å². The van der Waals surface area contributed by atoms with Gasteiger partial charge in [-0.1, -0.05) is 30.3 Å². The van der Waals surface area contributed by atoms with Gasteiger partial charge in [-0.2, -0.15) is 0 Å². The van der Waals surface area contributed by atoms with Crippen LogP contribution in [0.15, 0.2) is 30.3 Å². The Balaban J connectivity index is 1.97. The summed E-state index contributed by atoms with van der Waals surface area (Å²) < 4.78 is 10.1. The minimum absolute atomic E-state index is 0.00526. The van der Waals surface area contributed by atoms with E-state index < -0.39 is 43.1 Å². The maximum Gasteiger partial charge on any atom is 0.338 e. The smallest absolute Gasteiger partial charge is 0.338 e. The number of esters is 1. The summed E-state index contributed by atoms with van der Waals surface area (Å²) in [4.78, 5) is 11.9. The molecule has 1 aliphatic rings. The van der Waals surface area contributed by atoms with Crippen molar-refractivity contribution in [3.05, 3.63) is 35.9 Å². The number of hydrogen-bond donors (Lipinski definition) is 4. The molecule has 116 valence electrons. The number of carbonyl (C=O) groups is 1. The SMILES string of the molecule is O=C(OCc1ccccc1)C1OC(CO)[C@H](O)[C@H](O)C1O. The monoisotopic (exact) mass is 298 g/mol. The number of rotatable bonds is 4. The van der Waals surface area contributed by atoms with E-state index in [1.165, 1.54) is 0 Å². The Morgan fingerprint density at radius 1 is 1.10 bits per heavy atom. The van der Waals surface area contributed by atoms with Crippen molar-refractivity contribution in [1.29, 1.82) is 0 Å². The van der Waals surface area contributed by atoms with Crippen LogP contribution >= 0.6 is 0 Å². The molecule has 21 heavy (non-hydrogen) atoms. The fraction of sp³-hybridized carbons (Fsp3) is 0.500. The molecule has 1 aromatic carbocycles. The molecular formula is C14H18O7. The fourth-order valence-electron chi connectivity index (χ4n) is 2.11. The van der Waals surface area contributed by atoms with Crippen LogP contribution in [0.2, 0.25) is 0 Å². The van der Waals surface area contributed by atoms with Crippen LogP contribution in [-0.2, 0) is 20.9 Å². The maximum atomic E-state index is 11.9. The molecule has 2 rings (SSSR count). The summed E-state index contributed by atoms with van der Waals surface area (Å²) >= 11 is 0. The summed E-state index contributed by atoms with van der Waals surface area (Å²) in [5.74, 6) is -0.865. The lowest BCUT2D eigenvalue weighted by atomic mass is 9.95. The lowest BCUT2D eigenvalue weighted by Gasteiger charge is -2.38. The molecular weight excluding hydrogens is 280 g/mol. The van der Waals surface area contributed by atoms with E-state index in [2.05, 4.69) is 0 Å². The molecule has 1 fully saturated rings. The Morgan fingerprint density at radius 2 is 1.76 bits per heavy atom. The van der Waals surface area contributed by atoms with Gasteiger partial charge in [0.25, 0.3) is 0 Å². The predicted octanol–water partition coefficient (Wildman–Crippen LogP) is -1.43. The lowest BCUT2D eigenvalue weighted by molar-refractivity contribution is -0.236. The van der Waals surface area contributed by atoms with Gasteiger partial charge in [0.2, 0.25) is 0 Å². The summed E-state index contributed by atoms with van der Waals surface area (Å²) in [5, 5.41) is 38.0. The first-order chi connectivity index (χ1) is 10.0. The van der Waals surface area contributed by atoms with Gasteiger partial charge in [-0.25, -0.2) is 4.79 Å². The molecule has 0 aliphatic carbocycles. The second-order valence-electron chi connectivity index (χ2n) is 4.84. The van der Waals surface area contributed by atoms with Crippen LogP contribution in [-0.4, -0.2) is 63.5 Å². The van der Waals surface area contributed by atoms with Gasteiger partial charge in [0.05, 0.1) is 6.61 Å². The topological polar surface area (TPSA) is 116 Å². The van der Waals surface area contributed by atoms with Gasteiger partial charge in [-0.05, 0) is 5.56 Å². The van der Waals surface area contributed by atoms with Gasteiger partial charge in [-0.3, -0.25) is 0 Å². The molecule has 0 aromatic heterocycles. The highest BCUT2D eigenvalue weighted by molar-refractivity contribution is 5.75. The summed E-state index contributed by atoms with van der Waals surface area (Å²) in [5.41, 5.74) is 0.760. The number of ether oxygens (including phenoxy) is 2. The molecule has 7 heteroatoms. The van der Waals surface area contributed by atoms with Crippen molar-refractivity contribution < 1.29 is 34.7 Å². The first-order valence-corrected chi connectivity index (χ1v) is 6.55. The van der Waals surface area contributed by atoms with Crippen molar-refractivity contribution in [2.24, 2.45) is 0 Å². The quantitative estimate of drug-likeness (QED) is 0.504.